The van der Waals surface area contributed by atoms with E-state index in [1.807, 2.05) is 6.07 Å². The molecule has 1 aliphatic rings. The van der Waals surface area contributed by atoms with Gasteiger partial charge in [0, 0.05) is 24.0 Å². The smallest absolute Gasteiger partial charge is 0.275 e. The van der Waals surface area contributed by atoms with Gasteiger partial charge in [-0.05, 0) is 43.0 Å². The molecule has 2 aromatic carbocycles. The highest BCUT2D eigenvalue weighted by Crippen LogP contribution is 2.26. The van der Waals surface area contributed by atoms with Crippen molar-refractivity contribution in [3.63, 3.8) is 0 Å². The van der Waals surface area contributed by atoms with Gasteiger partial charge in [0.05, 0.1) is 17.7 Å². The number of aromatic nitrogens is 2. The highest BCUT2D eigenvalue weighted by molar-refractivity contribution is 5.93. The van der Waals surface area contributed by atoms with Crippen LogP contribution in [0.4, 0.5) is 8.78 Å². The molecule has 3 aromatic rings. The first-order valence-corrected chi connectivity index (χ1v) is 9.20. The lowest BCUT2D eigenvalue weighted by atomic mass is 10.00. The standard InChI is InChI=1S/C21H21F2N3O/c1-14-8-10-25(11-9-14)13-26-21(27)17-5-3-2-4-16(17)20(24-26)15-6-7-18(22)19(23)12-15/h2-7,12,14H,8-11,13H2,1H3. The number of piperidine rings is 1. The Labute approximate surface area is 156 Å². The third kappa shape index (κ3) is 3.49. The van der Waals surface area contributed by atoms with Crippen LogP contribution in [-0.4, -0.2) is 27.8 Å². The van der Waals surface area contributed by atoms with E-state index in [-0.39, 0.29) is 5.56 Å². The van der Waals surface area contributed by atoms with Gasteiger partial charge in [-0.15, -0.1) is 0 Å². The maximum Gasteiger partial charge on any atom is 0.275 e. The molecule has 1 aliphatic heterocycles. The Kier molecular flexibility index (Phi) is 4.74. The third-order valence-corrected chi connectivity index (χ3v) is 5.27. The summed E-state index contributed by atoms with van der Waals surface area (Å²) < 4.78 is 28.6. The Morgan fingerprint density at radius 1 is 1.04 bits per heavy atom. The van der Waals surface area contributed by atoms with Gasteiger partial charge in [-0.3, -0.25) is 9.69 Å². The fourth-order valence-electron chi connectivity index (χ4n) is 3.58. The molecule has 4 nitrogen and oxygen atoms in total. The summed E-state index contributed by atoms with van der Waals surface area (Å²) >= 11 is 0. The van der Waals surface area contributed by atoms with Crippen molar-refractivity contribution >= 4 is 10.8 Å². The van der Waals surface area contributed by atoms with Gasteiger partial charge in [0.1, 0.15) is 0 Å². The molecule has 0 unspecified atom stereocenters. The first-order chi connectivity index (χ1) is 13.0. The normalized spacial score (nSPS) is 16.1. The van der Waals surface area contributed by atoms with Crippen LogP contribution in [0.15, 0.2) is 47.3 Å². The van der Waals surface area contributed by atoms with Crippen LogP contribution in [0.3, 0.4) is 0 Å². The van der Waals surface area contributed by atoms with Gasteiger partial charge in [-0.25, -0.2) is 13.5 Å². The van der Waals surface area contributed by atoms with E-state index >= 15 is 0 Å². The van der Waals surface area contributed by atoms with Gasteiger partial charge in [0.15, 0.2) is 11.6 Å². The van der Waals surface area contributed by atoms with E-state index in [1.54, 1.807) is 18.2 Å². The van der Waals surface area contributed by atoms with Crippen molar-refractivity contribution in [3.8, 4) is 11.3 Å². The molecule has 0 N–H and O–H groups in total. The summed E-state index contributed by atoms with van der Waals surface area (Å²) in [4.78, 5) is 15.1. The number of hydrogen-bond donors (Lipinski definition) is 0. The molecule has 1 saturated heterocycles. The molecule has 1 aromatic heterocycles. The van der Waals surface area contributed by atoms with Crippen LogP contribution in [0.5, 0.6) is 0 Å². The van der Waals surface area contributed by atoms with E-state index in [0.29, 0.717) is 34.6 Å². The number of fused-ring (bicyclic) bond motifs is 1. The molecule has 0 amide bonds. The molecule has 4 rings (SSSR count). The molecule has 0 bridgehead atoms. The first-order valence-electron chi connectivity index (χ1n) is 9.20. The molecule has 0 atom stereocenters. The molecule has 140 valence electrons. The van der Waals surface area contributed by atoms with Crippen LogP contribution in [0.2, 0.25) is 0 Å². The second-order valence-electron chi connectivity index (χ2n) is 7.27. The van der Waals surface area contributed by atoms with Crippen LogP contribution in [0.25, 0.3) is 22.0 Å². The Bertz CT molecular complexity index is 1040. The molecule has 2 heterocycles. The van der Waals surface area contributed by atoms with Crippen molar-refractivity contribution in [1.82, 2.24) is 14.7 Å². The topological polar surface area (TPSA) is 38.1 Å². The number of benzene rings is 2. The lowest BCUT2D eigenvalue weighted by Crippen LogP contribution is -2.38. The number of likely N-dealkylation sites (tertiary alicyclic amines) is 1. The predicted octanol–water partition coefficient (Wildman–Crippen LogP) is 4.03. The van der Waals surface area contributed by atoms with E-state index in [9.17, 15) is 13.6 Å². The van der Waals surface area contributed by atoms with Crippen LogP contribution in [0, 0.1) is 17.6 Å². The van der Waals surface area contributed by atoms with E-state index in [4.69, 9.17) is 0 Å². The fraction of sp³-hybridized carbons (Fsp3) is 0.333. The van der Waals surface area contributed by atoms with Gasteiger partial charge >= 0.3 is 0 Å². The van der Waals surface area contributed by atoms with E-state index in [2.05, 4.69) is 16.9 Å². The van der Waals surface area contributed by atoms with Gasteiger partial charge in [-0.1, -0.05) is 25.1 Å². The minimum absolute atomic E-state index is 0.171. The van der Waals surface area contributed by atoms with Crippen molar-refractivity contribution < 1.29 is 8.78 Å². The summed E-state index contributed by atoms with van der Waals surface area (Å²) in [5.74, 6) is -1.14. The zero-order valence-electron chi connectivity index (χ0n) is 15.2. The molecule has 0 radical (unpaired) electrons. The van der Waals surface area contributed by atoms with Gasteiger partial charge in [-0.2, -0.15) is 5.10 Å². The third-order valence-electron chi connectivity index (χ3n) is 5.27. The van der Waals surface area contributed by atoms with Crippen molar-refractivity contribution in [3.05, 3.63) is 64.5 Å². The molecule has 6 heteroatoms. The quantitative estimate of drug-likeness (QED) is 0.700. The van der Waals surface area contributed by atoms with Crippen LogP contribution >= 0.6 is 0 Å². The van der Waals surface area contributed by atoms with Crippen LogP contribution in [-0.2, 0) is 6.67 Å². The minimum Gasteiger partial charge on any atom is -0.284 e. The Morgan fingerprint density at radius 3 is 2.44 bits per heavy atom. The Hall–Kier alpha value is -2.60. The summed E-state index contributed by atoms with van der Waals surface area (Å²) in [6.45, 7) is 4.47. The lowest BCUT2D eigenvalue weighted by molar-refractivity contribution is 0.144. The summed E-state index contributed by atoms with van der Waals surface area (Å²) in [7, 11) is 0. The van der Waals surface area contributed by atoms with Crippen molar-refractivity contribution in [1.29, 1.82) is 0 Å². The highest BCUT2D eigenvalue weighted by atomic mass is 19.2. The molecule has 1 fully saturated rings. The zero-order valence-corrected chi connectivity index (χ0v) is 15.2. The van der Waals surface area contributed by atoms with Crippen molar-refractivity contribution in [2.45, 2.75) is 26.4 Å². The maximum atomic E-state index is 13.8. The number of halogens is 2. The molecule has 0 saturated carbocycles. The van der Waals surface area contributed by atoms with Gasteiger partial charge in [0.2, 0.25) is 0 Å². The van der Waals surface area contributed by atoms with Gasteiger partial charge in [0.25, 0.3) is 5.56 Å². The van der Waals surface area contributed by atoms with Gasteiger partial charge < -0.3 is 0 Å². The summed E-state index contributed by atoms with van der Waals surface area (Å²) in [6, 6.07) is 10.8. The maximum absolute atomic E-state index is 13.8. The van der Waals surface area contributed by atoms with Crippen LogP contribution in [0.1, 0.15) is 19.8 Å². The molecular weight excluding hydrogens is 348 g/mol. The van der Waals surface area contributed by atoms with E-state index in [0.717, 1.165) is 38.1 Å². The highest BCUT2D eigenvalue weighted by Gasteiger charge is 2.19. The number of nitrogens with zero attached hydrogens (tertiary/aromatic N) is 3. The minimum atomic E-state index is -0.929. The van der Waals surface area contributed by atoms with Crippen LogP contribution < -0.4 is 5.56 Å². The molecule has 27 heavy (non-hydrogen) atoms. The average Bonchev–Trinajstić information content (AvgIpc) is 2.68. The first kappa shape index (κ1) is 17.8. The fourth-order valence-corrected chi connectivity index (χ4v) is 3.58. The summed E-state index contributed by atoms with van der Waals surface area (Å²) in [5, 5.41) is 5.69. The zero-order chi connectivity index (χ0) is 19.0. The lowest BCUT2D eigenvalue weighted by Gasteiger charge is -2.30. The monoisotopic (exact) mass is 369 g/mol. The van der Waals surface area contributed by atoms with Crippen molar-refractivity contribution in [2.24, 2.45) is 5.92 Å². The number of rotatable bonds is 3. The largest absolute Gasteiger partial charge is 0.284 e. The predicted molar refractivity (Wildman–Crippen MR) is 101 cm³/mol. The Balaban J connectivity index is 1.82. The SMILES string of the molecule is CC1CCN(Cn2nc(-c3ccc(F)c(F)c3)c3ccccc3c2=O)CC1. The summed E-state index contributed by atoms with van der Waals surface area (Å²) in [6.07, 6.45) is 2.19. The van der Waals surface area contributed by atoms with E-state index < -0.39 is 11.6 Å². The van der Waals surface area contributed by atoms with Crippen molar-refractivity contribution in [2.75, 3.05) is 13.1 Å². The molecule has 0 spiro atoms. The average molecular weight is 369 g/mol. The second-order valence-corrected chi connectivity index (χ2v) is 7.27. The number of hydrogen-bond acceptors (Lipinski definition) is 3. The summed E-state index contributed by atoms with van der Waals surface area (Å²) in [5.41, 5.74) is 0.760. The molecular formula is C21H21F2N3O. The molecule has 0 aliphatic carbocycles. The second kappa shape index (κ2) is 7.19. The Morgan fingerprint density at radius 2 is 1.74 bits per heavy atom. The van der Waals surface area contributed by atoms with E-state index in [1.165, 1.54) is 10.7 Å².